The van der Waals surface area contributed by atoms with Crippen LogP contribution in [0.1, 0.15) is 18.5 Å². The Morgan fingerprint density at radius 1 is 0.912 bits per heavy atom. The first-order valence-electron chi connectivity index (χ1n) is 10.5. The van der Waals surface area contributed by atoms with E-state index in [0.29, 0.717) is 28.7 Å². The average Bonchev–Trinajstić information content (AvgIpc) is 2.82. The normalized spacial score (nSPS) is 11.9. The molecule has 0 fully saturated rings. The molecule has 0 unspecified atom stereocenters. The van der Waals surface area contributed by atoms with E-state index >= 15 is 0 Å². The number of amides is 1. The summed E-state index contributed by atoms with van der Waals surface area (Å²) in [4.78, 5) is 12.7. The van der Waals surface area contributed by atoms with Crippen molar-refractivity contribution in [3.8, 4) is 23.0 Å². The van der Waals surface area contributed by atoms with Crippen LogP contribution < -0.4 is 23.8 Å². The van der Waals surface area contributed by atoms with Crippen molar-refractivity contribution in [1.29, 1.82) is 0 Å². The Bertz CT molecular complexity index is 1210. The molecule has 0 saturated heterocycles. The molecular weight excluding hydrogens is 456 g/mol. The maximum absolute atomic E-state index is 12.7. The summed E-state index contributed by atoms with van der Waals surface area (Å²) in [5.74, 6) is 1.88. The van der Waals surface area contributed by atoms with Crippen molar-refractivity contribution in [3.63, 3.8) is 0 Å². The van der Waals surface area contributed by atoms with Crippen LogP contribution in [0.5, 0.6) is 23.0 Å². The lowest BCUT2D eigenvalue weighted by Gasteiger charge is -2.23. The molecule has 0 aliphatic rings. The third kappa shape index (κ3) is 6.41. The summed E-state index contributed by atoms with van der Waals surface area (Å²) in [6, 6.07) is 20.7. The summed E-state index contributed by atoms with van der Waals surface area (Å²) in [6.45, 7) is 1.44. The zero-order chi connectivity index (χ0) is 24.7. The smallest absolute Gasteiger partial charge is 0.241 e. The van der Waals surface area contributed by atoms with Gasteiger partial charge >= 0.3 is 0 Å². The fourth-order valence-electron chi connectivity index (χ4n) is 3.33. The Hall–Kier alpha value is -3.72. The van der Waals surface area contributed by atoms with Gasteiger partial charge in [-0.2, -0.15) is 0 Å². The van der Waals surface area contributed by atoms with E-state index in [0.717, 1.165) is 16.1 Å². The zero-order valence-corrected chi connectivity index (χ0v) is 20.3. The third-order valence-electron chi connectivity index (χ3n) is 5.08. The maximum atomic E-state index is 12.7. The minimum absolute atomic E-state index is 0.358. The SMILES string of the molecule is COc1ccc([C@@H](C)NC(=O)CN(c2ccc(Oc3ccccc3)cc2)S(C)(=O)=O)cc1OC. The van der Waals surface area contributed by atoms with E-state index in [1.54, 1.807) is 50.4 Å². The zero-order valence-electron chi connectivity index (χ0n) is 19.5. The summed E-state index contributed by atoms with van der Waals surface area (Å²) in [5.41, 5.74) is 1.15. The van der Waals surface area contributed by atoms with Crippen LogP contribution in [0.4, 0.5) is 5.69 Å². The number of benzene rings is 3. The van der Waals surface area contributed by atoms with E-state index in [2.05, 4.69) is 5.32 Å². The molecule has 0 aliphatic carbocycles. The molecule has 9 heteroatoms. The minimum atomic E-state index is -3.71. The molecule has 180 valence electrons. The third-order valence-corrected chi connectivity index (χ3v) is 6.22. The largest absolute Gasteiger partial charge is 0.493 e. The van der Waals surface area contributed by atoms with Gasteiger partial charge in [0.1, 0.15) is 18.0 Å². The number of anilines is 1. The molecule has 1 N–H and O–H groups in total. The highest BCUT2D eigenvalue weighted by molar-refractivity contribution is 7.92. The number of hydrogen-bond donors (Lipinski definition) is 1. The van der Waals surface area contributed by atoms with E-state index in [4.69, 9.17) is 14.2 Å². The van der Waals surface area contributed by atoms with Gasteiger partial charge in [-0.3, -0.25) is 9.10 Å². The molecule has 3 aromatic rings. The van der Waals surface area contributed by atoms with E-state index in [1.165, 1.54) is 7.11 Å². The van der Waals surface area contributed by atoms with E-state index in [1.807, 2.05) is 36.4 Å². The topological polar surface area (TPSA) is 94.2 Å². The van der Waals surface area contributed by atoms with Crippen molar-refractivity contribution < 1.29 is 27.4 Å². The molecule has 0 aromatic heterocycles. The van der Waals surface area contributed by atoms with Crippen molar-refractivity contribution >= 4 is 21.6 Å². The number of hydrogen-bond acceptors (Lipinski definition) is 6. The summed E-state index contributed by atoms with van der Waals surface area (Å²) in [5, 5.41) is 2.84. The number of para-hydroxylation sites is 1. The molecule has 1 amide bonds. The van der Waals surface area contributed by atoms with Gasteiger partial charge in [0.15, 0.2) is 11.5 Å². The van der Waals surface area contributed by atoms with Gasteiger partial charge < -0.3 is 19.5 Å². The number of ether oxygens (including phenoxy) is 3. The second-order valence-electron chi connectivity index (χ2n) is 7.58. The maximum Gasteiger partial charge on any atom is 0.241 e. The number of rotatable bonds is 10. The minimum Gasteiger partial charge on any atom is -0.493 e. The van der Waals surface area contributed by atoms with Crippen LogP contribution in [-0.2, 0) is 14.8 Å². The van der Waals surface area contributed by atoms with Gasteiger partial charge in [0.05, 0.1) is 32.2 Å². The summed E-state index contributed by atoms with van der Waals surface area (Å²) in [6.07, 6.45) is 1.06. The Morgan fingerprint density at radius 2 is 1.53 bits per heavy atom. The van der Waals surface area contributed by atoms with Crippen molar-refractivity contribution in [2.75, 3.05) is 31.3 Å². The predicted octanol–water partition coefficient (Wildman–Crippen LogP) is 4.14. The Kier molecular flexibility index (Phi) is 8.01. The first kappa shape index (κ1) is 24.9. The molecule has 0 aliphatic heterocycles. The van der Waals surface area contributed by atoms with Crippen LogP contribution in [0.15, 0.2) is 72.8 Å². The van der Waals surface area contributed by atoms with E-state index in [9.17, 15) is 13.2 Å². The first-order valence-corrected chi connectivity index (χ1v) is 12.4. The highest BCUT2D eigenvalue weighted by atomic mass is 32.2. The van der Waals surface area contributed by atoms with Crippen molar-refractivity contribution in [1.82, 2.24) is 5.32 Å². The predicted molar refractivity (Wildman–Crippen MR) is 131 cm³/mol. The van der Waals surface area contributed by atoms with Gasteiger partial charge in [-0.1, -0.05) is 24.3 Å². The quantitative estimate of drug-likeness (QED) is 0.465. The van der Waals surface area contributed by atoms with Crippen molar-refractivity contribution in [2.24, 2.45) is 0 Å². The van der Waals surface area contributed by atoms with Crippen LogP contribution in [-0.4, -0.2) is 41.3 Å². The Morgan fingerprint density at radius 3 is 2.12 bits per heavy atom. The Labute approximate surface area is 200 Å². The fourth-order valence-corrected chi connectivity index (χ4v) is 4.18. The van der Waals surface area contributed by atoms with E-state index in [-0.39, 0.29) is 12.6 Å². The number of carbonyl (C=O) groups excluding carboxylic acids is 1. The highest BCUT2D eigenvalue weighted by Crippen LogP contribution is 2.30. The van der Waals surface area contributed by atoms with E-state index < -0.39 is 15.9 Å². The van der Waals surface area contributed by atoms with Gasteiger partial charge in [0, 0.05) is 0 Å². The molecule has 1 atom stereocenters. The Balaban J connectivity index is 1.71. The molecule has 34 heavy (non-hydrogen) atoms. The van der Waals surface area contributed by atoms with Crippen LogP contribution in [0.25, 0.3) is 0 Å². The first-order chi connectivity index (χ1) is 16.2. The summed E-state index contributed by atoms with van der Waals surface area (Å²) >= 11 is 0. The van der Waals surface area contributed by atoms with Gasteiger partial charge in [-0.05, 0) is 61.0 Å². The van der Waals surface area contributed by atoms with Crippen molar-refractivity contribution in [2.45, 2.75) is 13.0 Å². The van der Waals surface area contributed by atoms with Gasteiger partial charge in [-0.25, -0.2) is 8.42 Å². The molecule has 0 spiro atoms. The highest BCUT2D eigenvalue weighted by Gasteiger charge is 2.22. The van der Waals surface area contributed by atoms with Crippen molar-refractivity contribution in [3.05, 3.63) is 78.4 Å². The number of nitrogens with one attached hydrogen (secondary N) is 1. The van der Waals surface area contributed by atoms with Crippen LogP contribution >= 0.6 is 0 Å². The number of carbonyl (C=O) groups is 1. The number of nitrogens with zero attached hydrogens (tertiary/aromatic N) is 1. The molecule has 0 saturated carbocycles. The van der Waals surface area contributed by atoms with Crippen LogP contribution in [0, 0.1) is 0 Å². The van der Waals surface area contributed by atoms with Gasteiger partial charge in [0.25, 0.3) is 0 Å². The molecule has 3 rings (SSSR count). The molecular formula is C25H28N2O6S. The van der Waals surface area contributed by atoms with Crippen LogP contribution in [0.2, 0.25) is 0 Å². The lowest BCUT2D eigenvalue weighted by atomic mass is 10.1. The molecule has 0 radical (unpaired) electrons. The number of methoxy groups -OCH3 is 2. The lowest BCUT2D eigenvalue weighted by molar-refractivity contribution is -0.120. The van der Waals surface area contributed by atoms with Gasteiger partial charge in [-0.15, -0.1) is 0 Å². The second kappa shape index (κ2) is 10.9. The second-order valence-corrected chi connectivity index (χ2v) is 9.49. The average molecular weight is 485 g/mol. The summed E-state index contributed by atoms with van der Waals surface area (Å²) in [7, 11) is -0.632. The van der Waals surface area contributed by atoms with Crippen LogP contribution in [0.3, 0.4) is 0 Å². The molecule has 3 aromatic carbocycles. The van der Waals surface area contributed by atoms with Gasteiger partial charge in [0.2, 0.25) is 15.9 Å². The molecule has 8 nitrogen and oxygen atoms in total. The fraction of sp³-hybridized carbons (Fsp3) is 0.240. The monoisotopic (exact) mass is 484 g/mol. The molecule has 0 bridgehead atoms. The standard InChI is InChI=1S/C25H28N2O6S/c1-18(19-10-15-23(31-2)24(16-19)32-3)26-25(28)17-27(34(4,29)30)20-11-13-22(14-12-20)33-21-8-6-5-7-9-21/h5-16,18H,17H2,1-4H3,(H,26,28)/t18-/m1/s1. The number of sulfonamides is 1. The lowest BCUT2D eigenvalue weighted by Crippen LogP contribution is -2.41. The molecule has 0 heterocycles. The summed E-state index contributed by atoms with van der Waals surface area (Å²) < 4.78 is 42.2.